The van der Waals surface area contributed by atoms with Crippen molar-refractivity contribution in [2.45, 2.75) is 18.9 Å². The van der Waals surface area contributed by atoms with Gasteiger partial charge in [-0.1, -0.05) is 24.3 Å². The van der Waals surface area contributed by atoms with Crippen molar-refractivity contribution in [3.8, 4) is 11.4 Å². The van der Waals surface area contributed by atoms with Crippen molar-refractivity contribution < 1.29 is 14.2 Å². The summed E-state index contributed by atoms with van der Waals surface area (Å²) in [4.78, 5) is 17.0. The monoisotopic (exact) mass is 467 g/mol. The molecule has 1 aromatic carbocycles. The minimum absolute atomic E-state index is 0.0996. The summed E-state index contributed by atoms with van der Waals surface area (Å²) in [5.74, 6) is 1.91. The van der Waals surface area contributed by atoms with Crippen molar-refractivity contribution >= 4 is 5.82 Å². The minimum Gasteiger partial charge on any atom is -0.383 e. The van der Waals surface area contributed by atoms with Gasteiger partial charge in [0.25, 0.3) is 0 Å². The number of morpholine rings is 2. The average molecular weight is 468 g/mol. The molecule has 0 radical (unpaired) electrons. The lowest BCUT2D eigenvalue weighted by Gasteiger charge is -2.33. The maximum absolute atomic E-state index is 6.04. The van der Waals surface area contributed by atoms with Crippen LogP contribution in [-0.4, -0.2) is 106 Å². The van der Waals surface area contributed by atoms with Crippen LogP contribution in [0.2, 0.25) is 0 Å². The Morgan fingerprint density at radius 1 is 0.971 bits per heavy atom. The molecule has 2 saturated heterocycles. The SMILES string of the molecule is COCCN1CCOC(c2ccc(-c3ncc4c(n3)N(CCCN3CCOCC3)CC4)cc2)C1. The second-order valence-electron chi connectivity index (χ2n) is 9.36. The molecule has 34 heavy (non-hydrogen) atoms. The Balaban J connectivity index is 1.20. The molecule has 3 aliphatic heterocycles. The van der Waals surface area contributed by atoms with Crippen molar-refractivity contribution in [1.82, 2.24) is 19.8 Å². The Bertz CT molecular complexity index is 919. The van der Waals surface area contributed by atoms with Crippen molar-refractivity contribution in [3.63, 3.8) is 0 Å². The summed E-state index contributed by atoms with van der Waals surface area (Å²) in [6.45, 7) is 11.3. The Morgan fingerprint density at radius 2 is 1.79 bits per heavy atom. The van der Waals surface area contributed by atoms with Crippen LogP contribution in [0.25, 0.3) is 11.4 Å². The van der Waals surface area contributed by atoms with E-state index in [0.717, 1.165) is 109 Å². The summed E-state index contributed by atoms with van der Waals surface area (Å²) in [5.41, 5.74) is 3.52. The number of fused-ring (bicyclic) bond motifs is 1. The van der Waals surface area contributed by atoms with Crippen molar-refractivity contribution in [2.24, 2.45) is 0 Å². The van der Waals surface area contributed by atoms with Gasteiger partial charge < -0.3 is 19.1 Å². The second kappa shape index (κ2) is 11.6. The molecule has 0 N–H and O–H groups in total. The number of nitrogens with zero attached hydrogens (tertiary/aromatic N) is 5. The van der Waals surface area contributed by atoms with E-state index in [2.05, 4.69) is 43.9 Å². The zero-order valence-corrected chi connectivity index (χ0v) is 20.3. The van der Waals surface area contributed by atoms with Crippen LogP contribution < -0.4 is 4.90 Å². The molecule has 2 fully saturated rings. The number of hydrogen-bond donors (Lipinski definition) is 0. The number of benzene rings is 1. The minimum atomic E-state index is 0.0996. The molecule has 8 heteroatoms. The Hall–Kier alpha value is -2.10. The lowest BCUT2D eigenvalue weighted by molar-refractivity contribution is -0.0356. The summed E-state index contributed by atoms with van der Waals surface area (Å²) in [6.07, 6.45) is 4.30. The van der Waals surface area contributed by atoms with E-state index >= 15 is 0 Å². The summed E-state index contributed by atoms with van der Waals surface area (Å²) in [7, 11) is 1.75. The Morgan fingerprint density at radius 3 is 2.62 bits per heavy atom. The number of anilines is 1. The van der Waals surface area contributed by atoms with Gasteiger partial charge in [0, 0.05) is 76.8 Å². The molecule has 4 heterocycles. The first kappa shape index (κ1) is 23.6. The van der Waals surface area contributed by atoms with Gasteiger partial charge in [-0.2, -0.15) is 0 Å². The van der Waals surface area contributed by atoms with Crippen LogP contribution in [-0.2, 0) is 20.6 Å². The van der Waals surface area contributed by atoms with E-state index in [9.17, 15) is 0 Å². The zero-order chi connectivity index (χ0) is 23.2. The standard InChI is InChI=1S/C26H37N5O3/c1-32-15-11-30-14-18-34-24(20-30)21-3-5-22(6-4-21)25-27-19-23-7-10-31(26(23)28-25)9-2-8-29-12-16-33-17-13-29/h3-6,19,24H,2,7-18,20H2,1H3. The predicted octanol–water partition coefficient (Wildman–Crippen LogP) is 2.25. The molecular weight excluding hydrogens is 430 g/mol. The molecule has 3 aliphatic rings. The fourth-order valence-electron chi connectivity index (χ4n) is 5.05. The Kier molecular flexibility index (Phi) is 8.03. The van der Waals surface area contributed by atoms with E-state index in [0.29, 0.717) is 0 Å². The van der Waals surface area contributed by atoms with Gasteiger partial charge in [0.2, 0.25) is 0 Å². The van der Waals surface area contributed by atoms with Gasteiger partial charge in [-0.05, 0) is 18.4 Å². The van der Waals surface area contributed by atoms with Gasteiger partial charge >= 0.3 is 0 Å². The quantitative estimate of drug-likeness (QED) is 0.557. The second-order valence-corrected chi connectivity index (χ2v) is 9.36. The zero-order valence-electron chi connectivity index (χ0n) is 20.3. The molecule has 1 atom stereocenters. The predicted molar refractivity (Wildman–Crippen MR) is 132 cm³/mol. The summed E-state index contributed by atoms with van der Waals surface area (Å²) < 4.78 is 16.7. The first-order valence-corrected chi connectivity index (χ1v) is 12.6. The van der Waals surface area contributed by atoms with E-state index < -0.39 is 0 Å². The van der Waals surface area contributed by atoms with Crippen LogP contribution in [0.15, 0.2) is 30.5 Å². The molecule has 8 nitrogen and oxygen atoms in total. The maximum Gasteiger partial charge on any atom is 0.161 e. The highest BCUT2D eigenvalue weighted by atomic mass is 16.5. The highest BCUT2D eigenvalue weighted by molar-refractivity contribution is 5.61. The van der Waals surface area contributed by atoms with Crippen LogP contribution >= 0.6 is 0 Å². The van der Waals surface area contributed by atoms with E-state index in [1.165, 1.54) is 11.1 Å². The molecule has 0 saturated carbocycles. The van der Waals surface area contributed by atoms with Crippen LogP contribution in [0.5, 0.6) is 0 Å². The van der Waals surface area contributed by atoms with Crippen molar-refractivity contribution in [1.29, 1.82) is 0 Å². The summed E-state index contributed by atoms with van der Waals surface area (Å²) in [6, 6.07) is 8.59. The van der Waals surface area contributed by atoms with Gasteiger partial charge in [0.05, 0.1) is 32.5 Å². The van der Waals surface area contributed by atoms with Crippen LogP contribution in [0.3, 0.4) is 0 Å². The lowest BCUT2D eigenvalue weighted by atomic mass is 10.0. The first-order chi connectivity index (χ1) is 16.8. The van der Waals surface area contributed by atoms with Gasteiger partial charge in [-0.3, -0.25) is 9.80 Å². The molecule has 184 valence electrons. The summed E-state index contributed by atoms with van der Waals surface area (Å²) >= 11 is 0. The molecular formula is C26H37N5O3. The molecule has 0 amide bonds. The van der Waals surface area contributed by atoms with E-state index in [4.69, 9.17) is 19.2 Å². The average Bonchev–Trinajstić information content (AvgIpc) is 3.30. The highest BCUT2D eigenvalue weighted by Crippen LogP contribution is 2.29. The van der Waals surface area contributed by atoms with Crippen LogP contribution in [0, 0.1) is 0 Å². The number of methoxy groups -OCH3 is 1. The third-order valence-electron chi connectivity index (χ3n) is 7.10. The third kappa shape index (κ3) is 5.75. The van der Waals surface area contributed by atoms with Crippen LogP contribution in [0.4, 0.5) is 5.82 Å². The lowest BCUT2D eigenvalue weighted by Crippen LogP contribution is -2.40. The number of ether oxygens (including phenoxy) is 3. The fraction of sp³-hybridized carbons (Fsp3) is 0.615. The molecule has 2 aromatic rings. The molecule has 0 spiro atoms. The van der Waals surface area contributed by atoms with Crippen molar-refractivity contribution in [3.05, 3.63) is 41.6 Å². The van der Waals surface area contributed by atoms with E-state index in [1.54, 1.807) is 7.11 Å². The molecule has 1 unspecified atom stereocenters. The smallest absolute Gasteiger partial charge is 0.161 e. The van der Waals surface area contributed by atoms with Gasteiger partial charge in [-0.25, -0.2) is 9.97 Å². The third-order valence-corrected chi connectivity index (χ3v) is 7.10. The maximum atomic E-state index is 6.04. The Labute approximate surface area is 202 Å². The van der Waals surface area contributed by atoms with E-state index in [1.807, 2.05) is 6.20 Å². The van der Waals surface area contributed by atoms with Gasteiger partial charge in [0.1, 0.15) is 5.82 Å². The normalized spacial score (nSPS) is 21.7. The summed E-state index contributed by atoms with van der Waals surface area (Å²) in [5, 5.41) is 0. The van der Waals surface area contributed by atoms with E-state index in [-0.39, 0.29) is 6.10 Å². The largest absolute Gasteiger partial charge is 0.383 e. The fourth-order valence-corrected chi connectivity index (χ4v) is 5.05. The number of aromatic nitrogens is 2. The molecule has 0 bridgehead atoms. The van der Waals surface area contributed by atoms with Crippen molar-refractivity contribution in [2.75, 3.05) is 90.8 Å². The highest BCUT2D eigenvalue weighted by Gasteiger charge is 2.24. The first-order valence-electron chi connectivity index (χ1n) is 12.6. The van der Waals surface area contributed by atoms with Crippen LogP contribution in [0.1, 0.15) is 23.7 Å². The van der Waals surface area contributed by atoms with Gasteiger partial charge in [-0.15, -0.1) is 0 Å². The molecule has 1 aromatic heterocycles. The topological polar surface area (TPSA) is 63.2 Å². The number of hydrogen-bond acceptors (Lipinski definition) is 8. The van der Waals surface area contributed by atoms with Gasteiger partial charge in [0.15, 0.2) is 5.82 Å². The molecule has 5 rings (SSSR count). The number of rotatable bonds is 9. The molecule has 0 aliphatic carbocycles.